The van der Waals surface area contributed by atoms with Crippen LogP contribution in [0, 0.1) is 12.7 Å². The van der Waals surface area contributed by atoms with E-state index in [0.29, 0.717) is 11.6 Å². The molecular weight excluding hydrogens is 225 g/mol. The molecule has 0 bridgehead atoms. The van der Waals surface area contributed by atoms with Gasteiger partial charge >= 0.3 is 0 Å². The van der Waals surface area contributed by atoms with E-state index < -0.39 is 0 Å². The molecule has 0 amide bonds. The molecule has 1 aromatic heterocycles. The van der Waals surface area contributed by atoms with E-state index in [0.717, 1.165) is 9.92 Å². The van der Waals surface area contributed by atoms with Crippen LogP contribution in [-0.4, -0.2) is 9.97 Å². The van der Waals surface area contributed by atoms with Gasteiger partial charge in [0.1, 0.15) is 22.5 Å². The molecule has 3 nitrogen and oxygen atoms in total. The lowest BCUT2D eigenvalue weighted by Crippen LogP contribution is -1.96. The van der Waals surface area contributed by atoms with Gasteiger partial charge in [0, 0.05) is 11.0 Å². The molecule has 0 saturated heterocycles. The van der Waals surface area contributed by atoms with Crippen LogP contribution in [0.15, 0.2) is 40.3 Å². The number of nitrogens with two attached hydrogens (primary N) is 1. The number of aryl methyl sites for hydroxylation is 1. The number of nitrogen functional groups attached to an aromatic ring is 1. The summed E-state index contributed by atoms with van der Waals surface area (Å²) in [5, 5.41) is 0.761. The first-order chi connectivity index (χ1) is 7.63. The van der Waals surface area contributed by atoms with E-state index in [4.69, 9.17) is 5.73 Å². The second-order valence-corrected chi connectivity index (χ2v) is 4.33. The fourth-order valence-corrected chi connectivity index (χ4v) is 2.11. The average Bonchev–Trinajstić information content (AvgIpc) is 2.20. The minimum atomic E-state index is -0.247. The van der Waals surface area contributed by atoms with E-state index in [9.17, 15) is 4.39 Å². The molecule has 1 aromatic carbocycles. The third kappa shape index (κ3) is 2.70. The summed E-state index contributed by atoms with van der Waals surface area (Å²) in [6.07, 6.45) is 0. The maximum Gasteiger partial charge on any atom is 0.128 e. The van der Waals surface area contributed by atoms with Gasteiger partial charge in [0.2, 0.25) is 0 Å². The number of benzene rings is 1. The highest BCUT2D eigenvalue weighted by Gasteiger charge is 2.02. The highest BCUT2D eigenvalue weighted by molar-refractivity contribution is 7.99. The van der Waals surface area contributed by atoms with Crippen molar-refractivity contribution in [1.82, 2.24) is 9.97 Å². The fourth-order valence-electron chi connectivity index (χ4n) is 1.24. The number of halogens is 1. The van der Waals surface area contributed by atoms with Crippen molar-refractivity contribution in [2.45, 2.75) is 16.8 Å². The van der Waals surface area contributed by atoms with Crippen LogP contribution in [0.1, 0.15) is 5.82 Å². The molecule has 0 unspecified atom stereocenters. The van der Waals surface area contributed by atoms with Crippen molar-refractivity contribution in [3.05, 3.63) is 42.0 Å². The van der Waals surface area contributed by atoms with Gasteiger partial charge in [-0.25, -0.2) is 14.4 Å². The number of anilines is 1. The molecule has 0 fully saturated rings. The van der Waals surface area contributed by atoms with Crippen molar-refractivity contribution in [2.75, 3.05) is 5.73 Å². The normalized spacial score (nSPS) is 10.4. The zero-order valence-corrected chi connectivity index (χ0v) is 9.46. The Morgan fingerprint density at radius 2 is 1.88 bits per heavy atom. The molecule has 0 aliphatic carbocycles. The maximum atomic E-state index is 12.7. The Balaban J connectivity index is 2.23. The zero-order chi connectivity index (χ0) is 11.5. The Bertz CT molecular complexity index is 479. The molecule has 16 heavy (non-hydrogen) atoms. The van der Waals surface area contributed by atoms with Crippen LogP contribution in [0.5, 0.6) is 0 Å². The Labute approximate surface area is 96.9 Å². The molecule has 0 aliphatic heterocycles. The topological polar surface area (TPSA) is 51.8 Å². The number of nitrogens with zero attached hydrogens (tertiary/aromatic N) is 2. The van der Waals surface area contributed by atoms with Gasteiger partial charge in [-0.2, -0.15) is 0 Å². The summed E-state index contributed by atoms with van der Waals surface area (Å²) < 4.78 is 12.7. The molecule has 0 saturated carbocycles. The van der Waals surface area contributed by atoms with Crippen LogP contribution in [0.3, 0.4) is 0 Å². The summed E-state index contributed by atoms with van der Waals surface area (Å²) in [6.45, 7) is 1.78. The molecular formula is C11H10FN3S. The molecule has 82 valence electrons. The van der Waals surface area contributed by atoms with Gasteiger partial charge in [-0.05, 0) is 31.2 Å². The molecule has 0 radical (unpaired) electrons. The summed E-state index contributed by atoms with van der Waals surface area (Å²) in [5.74, 6) is 0.824. The Kier molecular flexibility index (Phi) is 3.05. The van der Waals surface area contributed by atoms with Gasteiger partial charge in [-0.3, -0.25) is 0 Å². The molecule has 2 aromatic rings. The van der Waals surface area contributed by atoms with Gasteiger partial charge in [0.25, 0.3) is 0 Å². The Morgan fingerprint density at radius 3 is 2.50 bits per heavy atom. The van der Waals surface area contributed by atoms with Crippen molar-refractivity contribution >= 4 is 17.6 Å². The van der Waals surface area contributed by atoms with E-state index in [-0.39, 0.29) is 5.82 Å². The first-order valence-corrected chi connectivity index (χ1v) is 5.50. The molecule has 1 heterocycles. The average molecular weight is 235 g/mol. The number of rotatable bonds is 2. The second kappa shape index (κ2) is 4.49. The predicted molar refractivity (Wildman–Crippen MR) is 61.7 cm³/mol. The second-order valence-electron chi connectivity index (χ2n) is 3.23. The van der Waals surface area contributed by atoms with Gasteiger partial charge in [0.05, 0.1) is 0 Å². The van der Waals surface area contributed by atoms with Gasteiger partial charge in [-0.15, -0.1) is 0 Å². The van der Waals surface area contributed by atoms with E-state index >= 15 is 0 Å². The van der Waals surface area contributed by atoms with E-state index in [1.165, 1.54) is 23.9 Å². The van der Waals surface area contributed by atoms with Gasteiger partial charge in [-0.1, -0.05) is 11.8 Å². The summed E-state index contributed by atoms with van der Waals surface area (Å²) in [6, 6.07) is 7.93. The minimum Gasteiger partial charge on any atom is -0.384 e. The highest BCUT2D eigenvalue weighted by atomic mass is 32.2. The summed E-state index contributed by atoms with van der Waals surface area (Å²) >= 11 is 1.43. The molecule has 5 heteroatoms. The van der Waals surface area contributed by atoms with Crippen molar-refractivity contribution in [3.8, 4) is 0 Å². The Hall–Kier alpha value is -1.62. The van der Waals surface area contributed by atoms with Crippen molar-refractivity contribution < 1.29 is 4.39 Å². The van der Waals surface area contributed by atoms with Crippen LogP contribution < -0.4 is 5.73 Å². The number of aromatic nitrogens is 2. The quantitative estimate of drug-likeness (QED) is 0.813. The first-order valence-electron chi connectivity index (χ1n) is 4.68. The summed E-state index contributed by atoms with van der Waals surface area (Å²) in [7, 11) is 0. The van der Waals surface area contributed by atoms with Gasteiger partial charge in [0.15, 0.2) is 0 Å². The molecule has 0 spiro atoms. The third-order valence-corrected chi connectivity index (χ3v) is 2.80. The van der Waals surface area contributed by atoms with Crippen LogP contribution in [0.2, 0.25) is 0 Å². The maximum absolute atomic E-state index is 12.7. The third-order valence-electron chi connectivity index (χ3n) is 1.87. The monoisotopic (exact) mass is 235 g/mol. The first kappa shape index (κ1) is 10.9. The van der Waals surface area contributed by atoms with Crippen molar-refractivity contribution in [1.29, 1.82) is 0 Å². The lowest BCUT2D eigenvalue weighted by molar-refractivity contribution is 0.626. The summed E-state index contributed by atoms with van der Waals surface area (Å²) in [4.78, 5) is 9.13. The van der Waals surface area contributed by atoms with Crippen LogP contribution >= 0.6 is 11.8 Å². The smallest absolute Gasteiger partial charge is 0.128 e. The molecule has 0 aliphatic rings. The lowest BCUT2D eigenvalue weighted by Gasteiger charge is -2.02. The van der Waals surface area contributed by atoms with Crippen LogP contribution in [0.25, 0.3) is 0 Å². The standard InChI is InChI=1S/C11H10FN3S/c1-7-14-10(13)6-11(15-7)16-9-4-2-8(12)3-5-9/h2-6H,1H3,(H2,13,14,15). The van der Waals surface area contributed by atoms with Crippen LogP contribution in [0.4, 0.5) is 10.2 Å². The van der Waals surface area contributed by atoms with E-state index in [1.54, 1.807) is 25.1 Å². The van der Waals surface area contributed by atoms with Crippen LogP contribution in [-0.2, 0) is 0 Å². The number of hydrogen-bond donors (Lipinski definition) is 1. The predicted octanol–water partition coefficient (Wildman–Crippen LogP) is 2.66. The lowest BCUT2D eigenvalue weighted by atomic mass is 10.4. The van der Waals surface area contributed by atoms with E-state index in [2.05, 4.69) is 9.97 Å². The van der Waals surface area contributed by atoms with Crippen molar-refractivity contribution in [3.63, 3.8) is 0 Å². The highest BCUT2D eigenvalue weighted by Crippen LogP contribution is 2.26. The molecule has 2 rings (SSSR count). The molecule has 2 N–H and O–H groups in total. The minimum absolute atomic E-state index is 0.247. The number of hydrogen-bond acceptors (Lipinski definition) is 4. The zero-order valence-electron chi connectivity index (χ0n) is 8.64. The largest absolute Gasteiger partial charge is 0.384 e. The molecule has 0 atom stereocenters. The SMILES string of the molecule is Cc1nc(N)cc(Sc2ccc(F)cc2)n1. The van der Waals surface area contributed by atoms with Crippen molar-refractivity contribution in [2.24, 2.45) is 0 Å². The fraction of sp³-hybridized carbons (Fsp3) is 0.0909. The van der Waals surface area contributed by atoms with E-state index in [1.807, 2.05) is 0 Å². The summed E-state index contributed by atoms with van der Waals surface area (Å²) in [5.41, 5.74) is 5.61. The Morgan fingerprint density at radius 1 is 1.19 bits per heavy atom. The van der Waals surface area contributed by atoms with Gasteiger partial charge < -0.3 is 5.73 Å².